The number of aromatic nitrogens is 1. The highest BCUT2D eigenvalue weighted by molar-refractivity contribution is 9.09. The fraction of sp³-hybridized carbons (Fsp3) is 0.238. The Kier molecular flexibility index (Phi) is 7.71. The van der Waals surface area contributed by atoms with Crippen molar-refractivity contribution in [2.45, 2.75) is 25.5 Å². The number of carbonyl (C=O) groups is 1. The van der Waals surface area contributed by atoms with E-state index in [0.717, 1.165) is 45.4 Å². The second kappa shape index (κ2) is 10.2. The summed E-state index contributed by atoms with van der Waals surface area (Å²) >= 11 is 2.74. The number of carbonyl (C=O) groups excluding carboxylic acids is 1. The van der Waals surface area contributed by atoms with Crippen molar-refractivity contribution in [1.29, 1.82) is 0 Å². The molecule has 0 spiro atoms. The van der Waals surface area contributed by atoms with Crippen LogP contribution in [0.3, 0.4) is 0 Å². The lowest BCUT2D eigenvalue weighted by Crippen LogP contribution is -2.04. The number of hydrogen-bond acceptors (Lipinski definition) is 5. The fourth-order valence-corrected chi connectivity index (χ4v) is 4.69. The Hall–Kier alpha value is -1.87. The molecule has 8 heteroatoms. The number of aryl methyl sites for hydroxylation is 1. The van der Waals surface area contributed by atoms with Gasteiger partial charge in [0.05, 0.1) is 10.6 Å². The number of rotatable bonds is 8. The van der Waals surface area contributed by atoms with Crippen molar-refractivity contribution in [3.05, 3.63) is 59.7 Å². The molecule has 0 aliphatic carbocycles. The average Bonchev–Trinajstić information content (AvgIpc) is 3.10. The number of benzene rings is 2. The maximum atomic E-state index is 11.5. The molecule has 1 amide bonds. The second-order valence-electron chi connectivity index (χ2n) is 6.51. The smallest absolute Gasteiger partial charge is 0.223 e. The topological polar surface area (TPSA) is 82.1 Å². The molecule has 1 heterocycles. The van der Waals surface area contributed by atoms with Crippen LogP contribution in [0, 0.1) is 0 Å². The van der Waals surface area contributed by atoms with E-state index >= 15 is 0 Å². The largest absolute Gasteiger partial charge is 0.772 e. The number of alkyl halides is 1. The molecule has 0 saturated heterocycles. The first-order valence-corrected chi connectivity index (χ1v) is 12.2. The Morgan fingerprint density at radius 3 is 2.31 bits per heavy atom. The molecular formula is C21H20BrN2O3S2-. The van der Waals surface area contributed by atoms with Gasteiger partial charge in [0.1, 0.15) is 0 Å². The summed E-state index contributed by atoms with van der Waals surface area (Å²) in [5.41, 5.74) is 4.69. The van der Waals surface area contributed by atoms with Crippen molar-refractivity contribution in [1.82, 2.24) is 4.98 Å². The van der Waals surface area contributed by atoms with E-state index in [4.69, 9.17) is 0 Å². The Bertz CT molecular complexity index is 1000. The van der Waals surface area contributed by atoms with Gasteiger partial charge in [-0.1, -0.05) is 86.9 Å². The SMILES string of the molecule is CC(=O)Nc1nc(-c2ccc(CCCBr)cc2)c(-c2ccc(CS(=O)[O-])cc2)s1. The molecule has 3 aromatic rings. The predicted octanol–water partition coefficient (Wildman–Crippen LogP) is 5.14. The molecule has 0 radical (unpaired) electrons. The summed E-state index contributed by atoms with van der Waals surface area (Å²) in [4.78, 5) is 17.1. The van der Waals surface area contributed by atoms with Gasteiger partial charge in [-0.3, -0.25) is 9.00 Å². The molecule has 3 rings (SSSR count). The number of nitrogens with one attached hydrogen (secondary N) is 1. The van der Waals surface area contributed by atoms with E-state index in [1.807, 2.05) is 12.1 Å². The fourth-order valence-electron chi connectivity index (χ4n) is 2.90. The summed E-state index contributed by atoms with van der Waals surface area (Å²) in [7, 11) is 0. The van der Waals surface area contributed by atoms with Gasteiger partial charge in [-0.2, -0.15) is 0 Å². The van der Waals surface area contributed by atoms with Gasteiger partial charge in [-0.05, 0) is 29.5 Å². The summed E-state index contributed by atoms with van der Waals surface area (Å²) in [5.74, 6) is -0.182. The number of hydrogen-bond donors (Lipinski definition) is 1. The molecule has 1 N–H and O–H groups in total. The number of thiazole rings is 1. The highest BCUT2D eigenvalue weighted by atomic mass is 79.9. The Morgan fingerprint density at radius 2 is 1.72 bits per heavy atom. The lowest BCUT2D eigenvalue weighted by Gasteiger charge is -2.07. The molecule has 0 aliphatic rings. The van der Waals surface area contributed by atoms with Gasteiger partial charge in [-0.25, -0.2) is 4.98 Å². The summed E-state index contributed by atoms with van der Waals surface area (Å²) in [6.45, 7) is 1.46. The van der Waals surface area contributed by atoms with Crippen LogP contribution in [-0.2, 0) is 28.0 Å². The summed E-state index contributed by atoms with van der Waals surface area (Å²) < 4.78 is 21.8. The molecule has 1 aromatic heterocycles. The van der Waals surface area contributed by atoms with Crippen molar-refractivity contribution < 1.29 is 13.6 Å². The number of amides is 1. The van der Waals surface area contributed by atoms with E-state index in [1.54, 1.807) is 12.1 Å². The van der Waals surface area contributed by atoms with Crippen molar-refractivity contribution in [2.24, 2.45) is 0 Å². The third kappa shape index (κ3) is 6.05. The van der Waals surface area contributed by atoms with Crippen LogP contribution in [0.4, 0.5) is 5.13 Å². The van der Waals surface area contributed by atoms with Crippen LogP contribution < -0.4 is 5.32 Å². The van der Waals surface area contributed by atoms with Gasteiger partial charge < -0.3 is 9.87 Å². The minimum Gasteiger partial charge on any atom is -0.772 e. The normalized spacial score (nSPS) is 12.0. The highest BCUT2D eigenvalue weighted by Gasteiger charge is 2.16. The van der Waals surface area contributed by atoms with Crippen LogP contribution >= 0.6 is 27.3 Å². The maximum absolute atomic E-state index is 11.5. The Labute approximate surface area is 185 Å². The van der Waals surface area contributed by atoms with Gasteiger partial charge in [0, 0.05) is 23.6 Å². The highest BCUT2D eigenvalue weighted by Crippen LogP contribution is 2.39. The summed E-state index contributed by atoms with van der Waals surface area (Å²) in [5, 5.41) is 4.27. The molecule has 0 fully saturated rings. The van der Waals surface area contributed by atoms with Crippen LogP contribution in [0.25, 0.3) is 21.7 Å². The number of nitrogens with zero attached hydrogens (tertiary/aromatic N) is 1. The van der Waals surface area contributed by atoms with Crippen LogP contribution in [0.15, 0.2) is 48.5 Å². The van der Waals surface area contributed by atoms with Gasteiger partial charge in [0.15, 0.2) is 5.13 Å². The quantitative estimate of drug-likeness (QED) is 0.349. The first-order valence-electron chi connectivity index (χ1n) is 9.05. The van der Waals surface area contributed by atoms with Crippen LogP contribution in [0.1, 0.15) is 24.5 Å². The average molecular weight is 492 g/mol. The molecule has 29 heavy (non-hydrogen) atoms. The van der Waals surface area contributed by atoms with Crippen LogP contribution in [0.2, 0.25) is 0 Å². The lowest BCUT2D eigenvalue weighted by molar-refractivity contribution is -0.114. The minimum absolute atomic E-state index is 0.0111. The lowest BCUT2D eigenvalue weighted by atomic mass is 10.0. The predicted molar refractivity (Wildman–Crippen MR) is 122 cm³/mol. The third-order valence-corrected chi connectivity index (χ3v) is 6.39. The zero-order valence-corrected chi connectivity index (χ0v) is 19.0. The standard InChI is InChI=1S/C21H21BrN2O3S2/c1-14(25)23-21-24-19(17-8-4-15(5-9-17)3-2-12-22)20(28-21)18-10-6-16(7-11-18)13-29(26)27/h4-11H,2-3,12-13H2,1H3,(H,26,27)(H,23,24,25)/p-1. The van der Waals surface area contributed by atoms with Crippen LogP contribution in [0.5, 0.6) is 0 Å². The Morgan fingerprint density at radius 1 is 1.10 bits per heavy atom. The summed E-state index contributed by atoms with van der Waals surface area (Å²) in [6, 6.07) is 15.7. The number of anilines is 1. The van der Waals surface area contributed by atoms with E-state index in [9.17, 15) is 13.6 Å². The molecule has 0 bridgehead atoms. The second-order valence-corrected chi connectivity index (χ2v) is 9.20. The zero-order valence-electron chi connectivity index (χ0n) is 15.8. The molecule has 0 aliphatic heterocycles. The van der Waals surface area contributed by atoms with Gasteiger partial charge in [0.25, 0.3) is 0 Å². The van der Waals surface area contributed by atoms with Crippen molar-refractivity contribution in [2.75, 3.05) is 10.6 Å². The third-order valence-electron chi connectivity index (χ3n) is 4.24. The molecule has 2 aromatic carbocycles. The van der Waals surface area contributed by atoms with E-state index in [0.29, 0.717) is 5.13 Å². The molecular weight excluding hydrogens is 472 g/mol. The first kappa shape index (κ1) is 21.8. The molecule has 1 unspecified atom stereocenters. The maximum Gasteiger partial charge on any atom is 0.223 e. The van der Waals surface area contributed by atoms with E-state index in [1.165, 1.54) is 23.8 Å². The number of halogens is 1. The van der Waals surface area contributed by atoms with Gasteiger partial charge >= 0.3 is 0 Å². The molecule has 0 saturated carbocycles. The summed E-state index contributed by atoms with van der Waals surface area (Å²) in [6.07, 6.45) is 2.09. The molecule has 152 valence electrons. The van der Waals surface area contributed by atoms with E-state index in [2.05, 4.69) is 50.5 Å². The van der Waals surface area contributed by atoms with Gasteiger partial charge in [-0.15, -0.1) is 0 Å². The first-order chi connectivity index (χ1) is 14.0. The van der Waals surface area contributed by atoms with E-state index < -0.39 is 11.1 Å². The Balaban J connectivity index is 1.96. The molecule has 1 atom stereocenters. The minimum atomic E-state index is -2.12. The van der Waals surface area contributed by atoms with Crippen molar-refractivity contribution in [3.63, 3.8) is 0 Å². The zero-order chi connectivity index (χ0) is 20.8. The van der Waals surface area contributed by atoms with Crippen molar-refractivity contribution >= 4 is 49.4 Å². The molecule has 5 nitrogen and oxygen atoms in total. The monoisotopic (exact) mass is 491 g/mol. The van der Waals surface area contributed by atoms with Gasteiger partial charge in [0.2, 0.25) is 5.91 Å². The van der Waals surface area contributed by atoms with Crippen LogP contribution in [-0.4, -0.2) is 25.0 Å². The van der Waals surface area contributed by atoms with Crippen molar-refractivity contribution in [3.8, 4) is 21.7 Å². The van der Waals surface area contributed by atoms with E-state index in [-0.39, 0.29) is 11.7 Å².